The fraction of sp³-hybridized carbons (Fsp3) is 0.278. The zero-order valence-corrected chi connectivity index (χ0v) is 14.9. The van der Waals surface area contributed by atoms with E-state index in [1.165, 1.54) is 7.11 Å². The van der Waals surface area contributed by atoms with Gasteiger partial charge in [-0.05, 0) is 12.5 Å². The molecule has 9 heteroatoms. The topological polar surface area (TPSA) is 132 Å². The number of methoxy groups -OCH3 is 1. The molecule has 2 atom stereocenters. The Morgan fingerprint density at radius 3 is 2.70 bits per heavy atom. The van der Waals surface area contributed by atoms with Crippen molar-refractivity contribution < 1.29 is 19.7 Å². The first-order chi connectivity index (χ1) is 13.0. The van der Waals surface area contributed by atoms with Crippen LogP contribution in [-0.4, -0.2) is 44.6 Å². The number of nitrogens with zero attached hydrogens (tertiary/aromatic N) is 2. The molecule has 0 aliphatic carbocycles. The number of aromatic amines is 1. The van der Waals surface area contributed by atoms with Gasteiger partial charge in [0.15, 0.2) is 0 Å². The summed E-state index contributed by atoms with van der Waals surface area (Å²) in [6.07, 6.45) is -0.793. The number of urea groups is 1. The van der Waals surface area contributed by atoms with Crippen molar-refractivity contribution in [3.05, 3.63) is 47.7 Å². The smallest absolute Gasteiger partial charge is 0.320 e. The quantitative estimate of drug-likeness (QED) is 0.448. The Labute approximate surface area is 155 Å². The molecule has 2 heterocycles. The van der Waals surface area contributed by atoms with Crippen LogP contribution in [0.1, 0.15) is 24.2 Å². The predicted octanol–water partition coefficient (Wildman–Crippen LogP) is 1.70. The van der Waals surface area contributed by atoms with Gasteiger partial charge in [0, 0.05) is 6.07 Å². The predicted molar refractivity (Wildman–Crippen MR) is 99.4 cm³/mol. The van der Waals surface area contributed by atoms with Crippen LogP contribution in [0.3, 0.4) is 0 Å². The number of fused-ring (bicyclic) bond motifs is 1. The van der Waals surface area contributed by atoms with Gasteiger partial charge in [-0.3, -0.25) is 10.4 Å². The molecule has 0 saturated carbocycles. The Morgan fingerprint density at radius 2 is 2.07 bits per heavy atom. The molecule has 0 radical (unpaired) electrons. The Kier molecular flexibility index (Phi) is 5.53. The number of rotatable bonds is 6. The third kappa shape index (κ3) is 3.99. The van der Waals surface area contributed by atoms with Crippen molar-refractivity contribution in [3.8, 4) is 5.88 Å². The summed E-state index contributed by atoms with van der Waals surface area (Å²) < 4.78 is 5.14. The number of nitrogens with one attached hydrogen (secondary N) is 3. The molecule has 1 aromatic carbocycles. The molecule has 5 N–H and O–H groups in total. The van der Waals surface area contributed by atoms with Crippen molar-refractivity contribution >= 4 is 22.8 Å². The van der Waals surface area contributed by atoms with Gasteiger partial charge < -0.3 is 20.3 Å². The van der Waals surface area contributed by atoms with Crippen molar-refractivity contribution in [2.24, 2.45) is 0 Å². The highest BCUT2D eigenvalue weighted by atomic mass is 16.5. The van der Waals surface area contributed by atoms with Crippen molar-refractivity contribution in [2.45, 2.75) is 25.7 Å². The Hall–Kier alpha value is -3.17. The van der Waals surface area contributed by atoms with Crippen LogP contribution in [0.2, 0.25) is 0 Å². The van der Waals surface area contributed by atoms with Crippen LogP contribution < -0.4 is 15.4 Å². The van der Waals surface area contributed by atoms with Gasteiger partial charge in [-0.1, -0.05) is 30.3 Å². The van der Waals surface area contributed by atoms with Gasteiger partial charge in [-0.2, -0.15) is 0 Å². The lowest BCUT2D eigenvalue weighted by atomic mass is 10.0. The molecule has 0 unspecified atom stereocenters. The number of aliphatic hydroxyl groups excluding tert-OH is 2. The number of pyridine rings is 1. The summed E-state index contributed by atoms with van der Waals surface area (Å²) in [7, 11) is 1.47. The molecule has 0 saturated heterocycles. The minimum Gasteiger partial charge on any atom is -0.479 e. The van der Waals surface area contributed by atoms with E-state index in [9.17, 15) is 15.0 Å². The molecule has 0 fully saturated rings. The van der Waals surface area contributed by atoms with Crippen molar-refractivity contribution in [3.63, 3.8) is 0 Å². The number of hydrogen-bond donors (Lipinski definition) is 5. The zero-order valence-electron chi connectivity index (χ0n) is 14.9. The van der Waals surface area contributed by atoms with Crippen molar-refractivity contribution in [1.29, 1.82) is 0 Å². The van der Waals surface area contributed by atoms with E-state index >= 15 is 0 Å². The van der Waals surface area contributed by atoms with Crippen LogP contribution in [0, 0.1) is 0 Å². The van der Waals surface area contributed by atoms with E-state index < -0.39 is 18.2 Å². The number of aliphatic hydroxyl groups is 2. The third-order valence-electron chi connectivity index (χ3n) is 4.10. The fourth-order valence-electron chi connectivity index (χ4n) is 2.85. The van der Waals surface area contributed by atoms with Gasteiger partial charge in [-0.25, -0.2) is 9.78 Å². The second-order valence-corrected chi connectivity index (χ2v) is 6.00. The maximum atomic E-state index is 12.4. The third-order valence-corrected chi connectivity index (χ3v) is 4.10. The standard InChI is InChI=1S/C18H21N5O4/c1-10(25)16(11-6-4-3-5-7-11)21-18(26)20-14-8-12-15(13(9-24)19-14)17(27-2)23-22-12/h3-8,10,16,24-25H,9H2,1-2H3,(H,22,23)(H2,19,20,21,26)/t10-,16+/m0/s1. The van der Waals surface area contributed by atoms with E-state index in [-0.39, 0.29) is 12.4 Å². The molecule has 9 nitrogen and oxygen atoms in total. The van der Waals surface area contributed by atoms with Gasteiger partial charge in [0.1, 0.15) is 5.82 Å². The minimum absolute atomic E-state index is 0.229. The number of ether oxygens (including phenoxy) is 1. The SMILES string of the molecule is COc1n[nH]c2cc(NC(=O)N[C@@H](c3ccccc3)[C@H](C)O)nc(CO)c12. The van der Waals surface area contributed by atoms with Crippen LogP contribution in [0.15, 0.2) is 36.4 Å². The van der Waals surface area contributed by atoms with E-state index in [4.69, 9.17) is 4.74 Å². The van der Waals surface area contributed by atoms with Crippen LogP contribution in [-0.2, 0) is 6.61 Å². The molecule has 3 rings (SSSR count). The van der Waals surface area contributed by atoms with Crippen molar-refractivity contribution in [2.75, 3.05) is 12.4 Å². The van der Waals surface area contributed by atoms with Crippen LogP contribution in [0.25, 0.3) is 10.9 Å². The largest absolute Gasteiger partial charge is 0.479 e. The molecular weight excluding hydrogens is 350 g/mol. The first-order valence-corrected chi connectivity index (χ1v) is 8.36. The normalized spacial score (nSPS) is 13.2. The van der Waals surface area contributed by atoms with Crippen molar-refractivity contribution in [1.82, 2.24) is 20.5 Å². The number of carbonyl (C=O) groups is 1. The van der Waals surface area contributed by atoms with E-state index in [0.29, 0.717) is 22.5 Å². The summed E-state index contributed by atoms with van der Waals surface area (Å²) >= 11 is 0. The lowest BCUT2D eigenvalue weighted by Gasteiger charge is -2.22. The van der Waals surface area contributed by atoms with Gasteiger partial charge in [-0.15, -0.1) is 5.10 Å². The number of benzene rings is 1. The summed E-state index contributed by atoms with van der Waals surface area (Å²) in [5.41, 5.74) is 1.67. The van der Waals surface area contributed by atoms with Gasteiger partial charge in [0.25, 0.3) is 0 Å². The van der Waals surface area contributed by atoms with Crippen LogP contribution in [0.5, 0.6) is 5.88 Å². The second-order valence-electron chi connectivity index (χ2n) is 6.00. The molecule has 0 bridgehead atoms. The average molecular weight is 371 g/mol. The summed E-state index contributed by atoms with van der Waals surface area (Å²) in [5.74, 6) is 0.545. The molecule has 27 heavy (non-hydrogen) atoms. The highest BCUT2D eigenvalue weighted by Gasteiger charge is 2.20. The molecule has 3 aromatic rings. The maximum absolute atomic E-state index is 12.4. The lowest BCUT2D eigenvalue weighted by Crippen LogP contribution is -2.38. The van der Waals surface area contributed by atoms with E-state index in [1.807, 2.05) is 30.3 Å². The molecule has 0 aliphatic rings. The number of H-pyrrole nitrogens is 1. The Balaban J connectivity index is 1.81. The number of hydrogen-bond acceptors (Lipinski definition) is 6. The summed E-state index contributed by atoms with van der Waals surface area (Å²) in [6.45, 7) is 1.26. The molecule has 2 aromatic heterocycles. The first-order valence-electron chi connectivity index (χ1n) is 8.36. The fourth-order valence-corrected chi connectivity index (χ4v) is 2.85. The highest BCUT2D eigenvalue weighted by Crippen LogP contribution is 2.27. The molecule has 0 aliphatic heterocycles. The van der Waals surface area contributed by atoms with Gasteiger partial charge in [0.2, 0.25) is 5.88 Å². The number of anilines is 1. The van der Waals surface area contributed by atoms with E-state index in [2.05, 4.69) is 25.8 Å². The highest BCUT2D eigenvalue weighted by molar-refractivity contribution is 5.93. The van der Waals surface area contributed by atoms with E-state index in [1.54, 1.807) is 13.0 Å². The number of carbonyl (C=O) groups excluding carboxylic acids is 1. The second kappa shape index (κ2) is 8.02. The average Bonchev–Trinajstić information content (AvgIpc) is 3.09. The van der Waals surface area contributed by atoms with Crippen LogP contribution in [0.4, 0.5) is 10.6 Å². The minimum atomic E-state index is -0.793. The molecular formula is C18H21N5O4. The number of amides is 2. The molecule has 142 valence electrons. The first kappa shape index (κ1) is 18.6. The van der Waals surface area contributed by atoms with Gasteiger partial charge in [0.05, 0.1) is 42.5 Å². The lowest BCUT2D eigenvalue weighted by molar-refractivity contribution is 0.148. The van der Waals surface area contributed by atoms with Crippen LogP contribution >= 0.6 is 0 Å². The Morgan fingerprint density at radius 1 is 1.33 bits per heavy atom. The summed E-state index contributed by atoms with van der Waals surface area (Å²) in [5, 5.41) is 32.3. The summed E-state index contributed by atoms with van der Waals surface area (Å²) in [6, 6.07) is 9.63. The maximum Gasteiger partial charge on any atom is 0.320 e. The zero-order chi connectivity index (χ0) is 19.4. The Bertz CT molecular complexity index is 926. The van der Waals surface area contributed by atoms with E-state index in [0.717, 1.165) is 5.56 Å². The van der Waals surface area contributed by atoms with Gasteiger partial charge >= 0.3 is 6.03 Å². The summed E-state index contributed by atoms with van der Waals surface area (Å²) in [4.78, 5) is 16.7. The molecule has 2 amide bonds. The number of aromatic nitrogens is 3. The molecule has 0 spiro atoms. The monoisotopic (exact) mass is 371 g/mol.